The zero-order valence-corrected chi connectivity index (χ0v) is 13.7. The number of hydrogen-bond acceptors (Lipinski definition) is 3. The first kappa shape index (κ1) is 19.5. The van der Waals surface area contributed by atoms with Crippen LogP contribution in [0.25, 0.3) is 0 Å². The molecule has 22 heavy (non-hydrogen) atoms. The SMILES string of the molecule is Cl.NCC1CCCN1S(=O)(=O)c1ccc(Cl)c(C(F)(F)F)c1. The van der Waals surface area contributed by atoms with Gasteiger partial charge < -0.3 is 5.73 Å². The van der Waals surface area contributed by atoms with Crippen LogP contribution in [0, 0.1) is 0 Å². The molecule has 0 aliphatic carbocycles. The summed E-state index contributed by atoms with van der Waals surface area (Å²) in [5.74, 6) is 0. The second-order valence-electron chi connectivity index (χ2n) is 4.79. The third kappa shape index (κ3) is 3.68. The molecule has 0 bridgehead atoms. The van der Waals surface area contributed by atoms with E-state index in [1.165, 1.54) is 0 Å². The molecule has 0 radical (unpaired) electrons. The molecule has 4 nitrogen and oxygen atoms in total. The summed E-state index contributed by atoms with van der Waals surface area (Å²) in [6.07, 6.45) is -3.46. The molecule has 2 rings (SSSR count). The lowest BCUT2D eigenvalue weighted by Crippen LogP contribution is -2.39. The Kier molecular flexibility index (Phi) is 6.14. The molecule has 126 valence electrons. The summed E-state index contributed by atoms with van der Waals surface area (Å²) < 4.78 is 64.5. The fourth-order valence-electron chi connectivity index (χ4n) is 2.38. The lowest BCUT2D eigenvalue weighted by atomic mass is 10.2. The number of benzene rings is 1. The van der Waals surface area contributed by atoms with E-state index in [-0.39, 0.29) is 31.5 Å². The van der Waals surface area contributed by atoms with Gasteiger partial charge in [0.15, 0.2) is 0 Å². The summed E-state index contributed by atoms with van der Waals surface area (Å²) in [7, 11) is -4.00. The predicted molar refractivity (Wildman–Crippen MR) is 79.7 cm³/mol. The average molecular weight is 379 g/mol. The van der Waals surface area contributed by atoms with Crippen LogP contribution in [0.3, 0.4) is 0 Å². The summed E-state index contributed by atoms with van der Waals surface area (Å²) in [6, 6.07) is 2.23. The van der Waals surface area contributed by atoms with Gasteiger partial charge in [-0.05, 0) is 31.0 Å². The van der Waals surface area contributed by atoms with Crippen molar-refractivity contribution in [2.24, 2.45) is 5.73 Å². The van der Waals surface area contributed by atoms with Crippen molar-refractivity contribution in [2.75, 3.05) is 13.1 Å². The number of alkyl halides is 3. The van der Waals surface area contributed by atoms with E-state index in [1.54, 1.807) is 0 Å². The molecule has 1 aromatic rings. The normalized spacial score (nSPS) is 20.0. The van der Waals surface area contributed by atoms with Gasteiger partial charge in [-0.25, -0.2) is 8.42 Å². The highest BCUT2D eigenvalue weighted by molar-refractivity contribution is 7.89. The molecule has 0 spiro atoms. The Hall–Kier alpha value is -0.540. The van der Waals surface area contributed by atoms with Crippen molar-refractivity contribution < 1.29 is 21.6 Å². The van der Waals surface area contributed by atoms with Crippen molar-refractivity contribution in [1.29, 1.82) is 0 Å². The van der Waals surface area contributed by atoms with Gasteiger partial charge in [0.1, 0.15) is 0 Å². The lowest BCUT2D eigenvalue weighted by Gasteiger charge is -2.23. The third-order valence-electron chi connectivity index (χ3n) is 3.45. The maximum absolute atomic E-state index is 12.8. The van der Waals surface area contributed by atoms with Gasteiger partial charge in [0, 0.05) is 19.1 Å². The van der Waals surface area contributed by atoms with Crippen LogP contribution in [-0.4, -0.2) is 31.9 Å². The zero-order chi connectivity index (χ0) is 15.8. The van der Waals surface area contributed by atoms with Crippen molar-refractivity contribution in [1.82, 2.24) is 4.31 Å². The highest BCUT2D eigenvalue weighted by Crippen LogP contribution is 2.37. The van der Waals surface area contributed by atoms with Crippen LogP contribution < -0.4 is 5.73 Å². The lowest BCUT2D eigenvalue weighted by molar-refractivity contribution is -0.137. The van der Waals surface area contributed by atoms with Crippen LogP contribution in [0.5, 0.6) is 0 Å². The van der Waals surface area contributed by atoms with Gasteiger partial charge in [-0.2, -0.15) is 17.5 Å². The molecular formula is C12H15Cl2F3N2O2S. The molecule has 1 atom stereocenters. The van der Waals surface area contributed by atoms with E-state index in [1.807, 2.05) is 0 Å². The Labute approximate surface area is 137 Å². The van der Waals surface area contributed by atoms with E-state index >= 15 is 0 Å². The van der Waals surface area contributed by atoms with Crippen LogP contribution >= 0.6 is 24.0 Å². The monoisotopic (exact) mass is 378 g/mol. The molecule has 2 N–H and O–H groups in total. The van der Waals surface area contributed by atoms with Crippen molar-refractivity contribution >= 4 is 34.0 Å². The van der Waals surface area contributed by atoms with Gasteiger partial charge in [-0.15, -0.1) is 12.4 Å². The Bertz CT molecular complexity index is 638. The minimum absolute atomic E-state index is 0. The predicted octanol–water partition coefficient (Wildman–Crippen LogP) is 2.89. The summed E-state index contributed by atoms with van der Waals surface area (Å²) in [5.41, 5.74) is 4.36. The number of sulfonamides is 1. The number of nitrogens with two attached hydrogens (primary N) is 1. The number of halogens is 5. The summed E-state index contributed by atoms with van der Waals surface area (Å²) in [6.45, 7) is 0.396. The standard InChI is InChI=1S/C12H14ClF3N2O2S.ClH/c13-11-4-3-9(6-10(11)12(14,15)16)21(19,20)18-5-1-2-8(18)7-17;/h3-4,6,8H,1-2,5,7,17H2;1H. The largest absolute Gasteiger partial charge is 0.417 e. The van der Waals surface area contributed by atoms with E-state index in [4.69, 9.17) is 17.3 Å². The molecule has 1 aliphatic heterocycles. The minimum Gasteiger partial charge on any atom is -0.329 e. The van der Waals surface area contributed by atoms with E-state index < -0.39 is 31.7 Å². The minimum atomic E-state index is -4.71. The van der Waals surface area contributed by atoms with Gasteiger partial charge in [-0.1, -0.05) is 11.6 Å². The first-order valence-electron chi connectivity index (χ1n) is 6.26. The summed E-state index contributed by atoms with van der Waals surface area (Å²) in [5, 5.41) is -0.529. The molecule has 1 aromatic carbocycles. The van der Waals surface area contributed by atoms with Gasteiger partial charge >= 0.3 is 6.18 Å². The van der Waals surface area contributed by atoms with Gasteiger partial charge in [0.05, 0.1) is 15.5 Å². The zero-order valence-electron chi connectivity index (χ0n) is 11.3. The van der Waals surface area contributed by atoms with Crippen molar-refractivity contribution in [3.05, 3.63) is 28.8 Å². The summed E-state index contributed by atoms with van der Waals surface area (Å²) in [4.78, 5) is -0.417. The van der Waals surface area contributed by atoms with E-state index in [9.17, 15) is 21.6 Å². The number of hydrogen-bond donors (Lipinski definition) is 1. The quantitative estimate of drug-likeness (QED) is 0.879. The molecule has 1 fully saturated rings. The Balaban J connectivity index is 0.00000242. The fraction of sp³-hybridized carbons (Fsp3) is 0.500. The van der Waals surface area contributed by atoms with Crippen molar-refractivity contribution in [3.63, 3.8) is 0 Å². The Morgan fingerprint density at radius 2 is 2.00 bits per heavy atom. The van der Waals surface area contributed by atoms with Crippen LogP contribution in [-0.2, 0) is 16.2 Å². The molecule has 1 saturated heterocycles. The first-order chi connectivity index (χ1) is 9.67. The van der Waals surface area contributed by atoms with Crippen LogP contribution in [0.4, 0.5) is 13.2 Å². The number of nitrogens with zero attached hydrogens (tertiary/aromatic N) is 1. The maximum atomic E-state index is 12.8. The molecule has 0 aromatic heterocycles. The molecule has 10 heteroatoms. The van der Waals surface area contributed by atoms with Crippen LogP contribution in [0.2, 0.25) is 5.02 Å². The molecular weight excluding hydrogens is 364 g/mol. The molecule has 1 heterocycles. The smallest absolute Gasteiger partial charge is 0.329 e. The number of rotatable bonds is 3. The fourth-order valence-corrected chi connectivity index (χ4v) is 4.33. The summed E-state index contributed by atoms with van der Waals surface area (Å²) >= 11 is 5.50. The maximum Gasteiger partial charge on any atom is 0.417 e. The third-order valence-corrected chi connectivity index (χ3v) is 5.72. The Morgan fingerprint density at radius 3 is 2.55 bits per heavy atom. The van der Waals surface area contributed by atoms with Crippen molar-refractivity contribution in [2.45, 2.75) is 30.0 Å². The Morgan fingerprint density at radius 1 is 1.36 bits per heavy atom. The second-order valence-corrected chi connectivity index (χ2v) is 7.08. The molecule has 0 saturated carbocycles. The van der Waals surface area contributed by atoms with Gasteiger partial charge in [0.2, 0.25) is 10.0 Å². The van der Waals surface area contributed by atoms with Crippen LogP contribution in [0.1, 0.15) is 18.4 Å². The highest BCUT2D eigenvalue weighted by atomic mass is 35.5. The average Bonchev–Trinajstić information content (AvgIpc) is 2.86. The molecule has 1 aliphatic rings. The molecule has 1 unspecified atom stereocenters. The first-order valence-corrected chi connectivity index (χ1v) is 8.08. The van der Waals surface area contributed by atoms with E-state index in [2.05, 4.69) is 0 Å². The van der Waals surface area contributed by atoms with Crippen molar-refractivity contribution in [3.8, 4) is 0 Å². The van der Waals surface area contributed by atoms with E-state index in [0.717, 1.165) is 16.4 Å². The van der Waals surface area contributed by atoms with E-state index in [0.29, 0.717) is 18.9 Å². The topological polar surface area (TPSA) is 63.4 Å². The van der Waals surface area contributed by atoms with Crippen LogP contribution in [0.15, 0.2) is 23.1 Å². The highest BCUT2D eigenvalue weighted by Gasteiger charge is 2.38. The second kappa shape index (κ2) is 6.92. The molecule has 0 amide bonds. The van der Waals surface area contributed by atoms with Gasteiger partial charge in [-0.3, -0.25) is 0 Å². The van der Waals surface area contributed by atoms with Gasteiger partial charge in [0.25, 0.3) is 0 Å².